The Balaban J connectivity index is 1.79. The molecule has 0 spiro atoms. The maximum Gasteiger partial charge on any atom is 0.248 e. The molecule has 3 rings (SSSR count). The monoisotopic (exact) mass is 317 g/mol. The number of hydrogen-bond acceptors (Lipinski definition) is 3. The summed E-state index contributed by atoms with van der Waals surface area (Å²) in [5.41, 5.74) is 1.49. The number of nitrogens with one attached hydrogen (secondary N) is 1. The highest BCUT2D eigenvalue weighted by Gasteiger charge is 2.13. The van der Waals surface area contributed by atoms with Crippen molar-refractivity contribution in [3.63, 3.8) is 0 Å². The van der Waals surface area contributed by atoms with Gasteiger partial charge in [-0.2, -0.15) is 0 Å². The molecule has 0 saturated heterocycles. The highest BCUT2D eigenvalue weighted by Crippen LogP contribution is 2.19. The van der Waals surface area contributed by atoms with Crippen molar-refractivity contribution in [3.8, 4) is 0 Å². The van der Waals surface area contributed by atoms with Crippen molar-refractivity contribution in [2.75, 3.05) is 5.32 Å². The van der Waals surface area contributed by atoms with Crippen molar-refractivity contribution in [1.82, 2.24) is 0 Å². The van der Waals surface area contributed by atoms with Crippen LogP contribution in [0.5, 0.6) is 0 Å². The van der Waals surface area contributed by atoms with Crippen LogP contribution in [-0.2, 0) is 4.79 Å². The van der Waals surface area contributed by atoms with Gasteiger partial charge in [0.25, 0.3) is 0 Å². The maximum atomic E-state index is 12.6. The minimum Gasteiger partial charge on any atom is -0.465 e. The minimum absolute atomic E-state index is 0.137. The quantitative estimate of drug-likeness (QED) is 0.568. The number of carbonyl (C=O) groups is 2. The Morgan fingerprint density at radius 2 is 1.62 bits per heavy atom. The van der Waals surface area contributed by atoms with E-state index in [1.165, 1.54) is 12.3 Å². The van der Waals surface area contributed by atoms with E-state index >= 15 is 0 Å². The predicted octanol–water partition coefficient (Wildman–Crippen LogP) is 4.16. The average molecular weight is 317 g/mol. The van der Waals surface area contributed by atoms with Crippen molar-refractivity contribution in [3.05, 3.63) is 96.0 Å². The molecule has 4 heteroatoms. The summed E-state index contributed by atoms with van der Waals surface area (Å²) in [5, 5.41) is 2.74. The third-order valence-electron chi connectivity index (χ3n) is 3.41. The summed E-state index contributed by atoms with van der Waals surface area (Å²) in [5.74, 6) is 0.111. The summed E-state index contributed by atoms with van der Waals surface area (Å²) in [4.78, 5) is 24.7. The third-order valence-corrected chi connectivity index (χ3v) is 3.41. The fourth-order valence-electron chi connectivity index (χ4n) is 2.25. The molecule has 0 bridgehead atoms. The molecule has 2 aromatic carbocycles. The number of rotatable bonds is 5. The van der Waals surface area contributed by atoms with Crippen LogP contribution in [0.3, 0.4) is 0 Å². The SMILES string of the molecule is O=C(/C=C/c1ccco1)Nc1ccccc1C(=O)c1ccccc1. The average Bonchev–Trinajstić information content (AvgIpc) is 3.14. The van der Waals surface area contributed by atoms with Crippen LogP contribution in [0, 0.1) is 0 Å². The van der Waals surface area contributed by atoms with Gasteiger partial charge in [0, 0.05) is 17.2 Å². The van der Waals surface area contributed by atoms with E-state index in [1.807, 2.05) is 6.07 Å². The van der Waals surface area contributed by atoms with E-state index in [2.05, 4.69) is 5.32 Å². The summed E-state index contributed by atoms with van der Waals surface area (Å²) in [6.45, 7) is 0. The Morgan fingerprint density at radius 3 is 2.38 bits per heavy atom. The molecule has 0 aliphatic rings. The van der Waals surface area contributed by atoms with E-state index in [0.717, 1.165) is 0 Å². The number of hydrogen-bond donors (Lipinski definition) is 1. The van der Waals surface area contributed by atoms with Crippen molar-refractivity contribution in [1.29, 1.82) is 0 Å². The van der Waals surface area contributed by atoms with Crippen molar-refractivity contribution >= 4 is 23.5 Å². The standard InChI is InChI=1S/C20H15NO3/c22-19(13-12-16-9-6-14-24-16)21-18-11-5-4-10-17(18)20(23)15-7-2-1-3-8-15/h1-14H,(H,21,22)/b13-12+. The van der Waals surface area contributed by atoms with E-state index in [0.29, 0.717) is 22.6 Å². The van der Waals surface area contributed by atoms with E-state index < -0.39 is 0 Å². The fraction of sp³-hybridized carbons (Fsp3) is 0. The van der Waals surface area contributed by atoms with Gasteiger partial charge >= 0.3 is 0 Å². The molecule has 4 nitrogen and oxygen atoms in total. The number of ketones is 1. The lowest BCUT2D eigenvalue weighted by Crippen LogP contribution is -2.12. The molecule has 1 aromatic heterocycles. The minimum atomic E-state index is -0.334. The first-order valence-corrected chi connectivity index (χ1v) is 7.45. The summed E-state index contributed by atoms with van der Waals surface area (Å²) in [7, 11) is 0. The first-order chi connectivity index (χ1) is 11.7. The Labute approximate surface area is 139 Å². The molecular formula is C20H15NO3. The molecule has 1 heterocycles. The van der Waals surface area contributed by atoms with Gasteiger partial charge in [-0.05, 0) is 30.3 Å². The Morgan fingerprint density at radius 1 is 0.875 bits per heavy atom. The zero-order chi connectivity index (χ0) is 16.8. The van der Waals surface area contributed by atoms with Crippen LogP contribution in [0.2, 0.25) is 0 Å². The van der Waals surface area contributed by atoms with Crippen LogP contribution in [0.1, 0.15) is 21.7 Å². The number of furan rings is 1. The summed E-state index contributed by atoms with van der Waals surface area (Å²) >= 11 is 0. The highest BCUT2D eigenvalue weighted by atomic mass is 16.3. The van der Waals surface area contributed by atoms with Gasteiger partial charge in [-0.15, -0.1) is 0 Å². The van der Waals surface area contributed by atoms with E-state index in [1.54, 1.807) is 66.7 Å². The second-order valence-corrected chi connectivity index (χ2v) is 5.08. The van der Waals surface area contributed by atoms with Gasteiger partial charge in [0.2, 0.25) is 5.91 Å². The van der Waals surface area contributed by atoms with Crippen LogP contribution >= 0.6 is 0 Å². The zero-order valence-corrected chi connectivity index (χ0v) is 12.8. The normalized spacial score (nSPS) is 10.7. The van der Waals surface area contributed by atoms with Crippen LogP contribution in [0.15, 0.2) is 83.5 Å². The number of carbonyl (C=O) groups excluding carboxylic acids is 2. The molecule has 118 valence electrons. The summed E-state index contributed by atoms with van der Waals surface area (Å²) in [6.07, 6.45) is 4.46. The van der Waals surface area contributed by atoms with Gasteiger partial charge in [0.05, 0.1) is 12.0 Å². The molecule has 3 aromatic rings. The molecule has 24 heavy (non-hydrogen) atoms. The lowest BCUT2D eigenvalue weighted by Gasteiger charge is -2.09. The molecule has 0 atom stereocenters. The smallest absolute Gasteiger partial charge is 0.248 e. The Hall–Kier alpha value is -3.40. The van der Waals surface area contributed by atoms with Gasteiger partial charge in [0.1, 0.15) is 5.76 Å². The van der Waals surface area contributed by atoms with Crippen molar-refractivity contribution in [2.45, 2.75) is 0 Å². The fourth-order valence-corrected chi connectivity index (χ4v) is 2.25. The van der Waals surface area contributed by atoms with Gasteiger partial charge < -0.3 is 9.73 Å². The number of para-hydroxylation sites is 1. The van der Waals surface area contributed by atoms with Gasteiger partial charge in [0.15, 0.2) is 5.78 Å². The second kappa shape index (κ2) is 7.24. The van der Waals surface area contributed by atoms with Crippen LogP contribution in [0.4, 0.5) is 5.69 Å². The molecule has 0 fully saturated rings. The lowest BCUT2D eigenvalue weighted by molar-refractivity contribution is -0.111. The van der Waals surface area contributed by atoms with E-state index in [4.69, 9.17) is 4.42 Å². The van der Waals surface area contributed by atoms with E-state index in [-0.39, 0.29) is 11.7 Å². The van der Waals surface area contributed by atoms with Gasteiger partial charge in [-0.3, -0.25) is 9.59 Å². The van der Waals surface area contributed by atoms with Crippen LogP contribution in [0.25, 0.3) is 6.08 Å². The Kier molecular flexibility index (Phi) is 4.68. The summed E-state index contributed by atoms with van der Waals surface area (Å²) < 4.78 is 5.13. The van der Waals surface area contributed by atoms with Crippen LogP contribution < -0.4 is 5.32 Å². The molecule has 1 N–H and O–H groups in total. The molecule has 0 aliphatic carbocycles. The molecule has 0 unspecified atom stereocenters. The lowest BCUT2D eigenvalue weighted by atomic mass is 10.0. The second-order valence-electron chi connectivity index (χ2n) is 5.08. The largest absolute Gasteiger partial charge is 0.465 e. The first-order valence-electron chi connectivity index (χ1n) is 7.45. The predicted molar refractivity (Wildman–Crippen MR) is 92.7 cm³/mol. The number of anilines is 1. The molecule has 0 aliphatic heterocycles. The molecule has 0 saturated carbocycles. The van der Waals surface area contributed by atoms with Crippen LogP contribution in [-0.4, -0.2) is 11.7 Å². The van der Waals surface area contributed by atoms with Crippen molar-refractivity contribution in [2.24, 2.45) is 0 Å². The van der Waals surface area contributed by atoms with Gasteiger partial charge in [-0.25, -0.2) is 0 Å². The van der Waals surface area contributed by atoms with Gasteiger partial charge in [-0.1, -0.05) is 42.5 Å². The zero-order valence-electron chi connectivity index (χ0n) is 12.8. The number of benzene rings is 2. The summed E-state index contributed by atoms with van der Waals surface area (Å²) in [6, 6.07) is 19.4. The maximum absolute atomic E-state index is 12.6. The first kappa shape index (κ1) is 15.5. The molecule has 1 amide bonds. The number of amides is 1. The molecule has 0 radical (unpaired) electrons. The molecular weight excluding hydrogens is 302 g/mol. The topological polar surface area (TPSA) is 59.3 Å². The Bertz CT molecular complexity index is 865. The van der Waals surface area contributed by atoms with E-state index in [9.17, 15) is 9.59 Å². The third kappa shape index (κ3) is 3.67. The van der Waals surface area contributed by atoms with Crippen molar-refractivity contribution < 1.29 is 14.0 Å². The highest BCUT2D eigenvalue weighted by molar-refractivity contribution is 6.14.